The van der Waals surface area contributed by atoms with Crippen molar-refractivity contribution in [2.45, 2.75) is 64.6 Å². The summed E-state index contributed by atoms with van der Waals surface area (Å²) < 4.78 is 27.2. The molecule has 212 valence electrons. The lowest BCUT2D eigenvalue weighted by molar-refractivity contribution is -0.140. The molecule has 0 heterocycles. The molecule has 0 bridgehead atoms. The summed E-state index contributed by atoms with van der Waals surface area (Å²) in [7, 11) is -3.80. The SMILES string of the molecule is Cc1ccc(C)c(N(CC(=O)N(Cc2ccccc2)[C@@H](Cc2ccccc2)C(=O)NC2CCCC2)S(C)(=O)=O)c1. The third-order valence-corrected chi connectivity index (χ3v) is 8.61. The van der Waals surface area contributed by atoms with Gasteiger partial charge in [-0.1, -0.05) is 85.6 Å². The number of amides is 2. The van der Waals surface area contributed by atoms with Crippen LogP contribution in [0.3, 0.4) is 0 Å². The smallest absolute Gasteiger partial charge is 0.244 e. The zero-order valence-corrected chi connectivity index (χ0v) is 24.4. The van der Waals surface area contributed by atoms with E-state index in [9.17, 15) is 18.0 Å². The van der Waals surface area contributed by atoms with Crippen molar-refractivity contribution in [3.63, 3.8) is 0 Å². The first-order valence-electron chi connectivity index (χ1n) is 13.8. The third-order valence-electron chi connectivity index (χ3n) is 7.48. The Hall–Kier alpha value is -3.65. The highest BCUT2D eigenvalue weighted by Crippen LogP contribution is 2.25. The van der Waals surface area contributed by atoms with Crippen LogP contribution in [-0.4, -0.2) is 50.0 Å². The van der Waals surface area contributed by atoms with Crippen molar-refractivity contribution < 1.29 is 18.0 Å². The molecule has 40 heavy (non-hydrogen) atoms. The van der Waals surface area contributed by atoms with Gasteiger partial charge in [-0.05, 0) is 55.0 Å². The van der Waals surface area contributed by atoms with Crippen molar-refractivity contribution in [1.82, 2.24) is 10.2 Å². The first-order valence-corrected chi connectivity index (χ1v) is 15.7. The molecule has 7 nitrogen and oxygen atoms in total. The van der Waals surface area contributed by atoms with Crippen LogP contribution in [0.2, 0.25) is 0 Å². The second kappa shape index (κ2) is 13.1. The lowest BCUT2D eigenvalue weighted by Crippen LogP contribution is -2.54. The van der Waals surface area contributed by atoms with Crippen LogP contribution < -0.4 is 9.62 Å². The van der Waals surface area contributed by atoms with E-state index in [0.717, 1.165) is 58.5 Å². The normalized spacial score (nSPS) is 14.5. The lowest BCUT2D eigenvalue weighted by atomic mass is 10.0. The van der Waals surface area contributed by atoms with Gasteiger partial charge in [0, 0.05) is 19.0 Å². The van der Waals surface area contributed by atoms with Crippen molar-refractivity contribution in [2.75, 3.05) is 17.1 Å². The number of nitrogens with one attached hydrogen (secondary N) is 1. The van der Waals surface area contributed by atoms with Crippen molar-refractivity contribution in [3.05, 3.63) is 101 Å². The molecule has 3 aromatic rings. The van der Waals surface area contributed by atoms with Crippen LogP contribution in [0.25, 0.3) is 0 Å². The van der Waals surface area contributed by atoms with Crippen LogP contribution in [-0.2, 0) is 32.6 Å². The fourth-order valence-electron chi connectivity index (χ4n) is 5.28. The summed E-state index contributed by atoms with van der Waals surface area (Å²) in [5.74, 6) is -0.643. The Balaban J connectivity index is 1.73. The van der Waals surface area contributed by atoms with Gasteiger partial charge in [0.25, 0.3) is 0 Å². The maximum atomic E-state index is 14.2. The number of nitrogens with zero attached hydrogens (tertiary/aromatic N) is 2. The van der Waals surface area contributed by atoms with Crippen molar-refractivity contribution in [2.24, 2.45) is 0 Å². The standard InChI is InChI=1S/C32H39N3O4S/c1-24-18-19-25(2)29(20-24)35(40(3,38)39)23-31(36)34(22-27-14-8-5-9-15-27)30(21-26-12-6-4-7-13-26)32(37)33-28-16-10-11-17-28/h4-9,12-15,18-20,28,30H,10-11,16-17,21-23H2,1-3H3,(H,33,37)/t30-/m0/s1. The fraction of sp³-hybridized carbons (Fsp3) is 0.375. The van der Waals surface area contributed by atoms with Crippen molar-refractivity contribution in [3.8, 4) is 0 Å². The molecule has 1 N–H and O–H groups in total. The lowest BCUT2D eigenvalue weighted by Gasteiger charge is -2.34. The van der Waals surface area contributed by atoms with Crippen LogP contribution >= 0.6 is 0 Å². The summed E-state index contributed by atoms with van der Waals surface area (Å²) in [6, 6.07) is 23.9. The molecule has 2 amide bonds. The maximum Gasteiger partial charge on any atom is 0.244 e. The molecule has 1 saturated carbocycles. The molecule has 0 spiro atoms. The number of anilines is 1. The first-order chi connectivity index (χ1) is 19.1. The van der Waals surface area contributed by atoms with Gasteiger partial charge < -0.3 is 10.2 Å². The summed E-state index contributed by atoms with van der Waals surface area (Å²) in [6.07, 6.45) is 5.41. The molecule has 4 rings (SSSR count). The van der Waals surface area contributed by atoms with Gasteiger partial charge in [0.2, 0.25) is 21.8 Å². The van der Waals surface area contributed by atoms with Crippen LogP contribution in [0, 0.1) is 13.8 Å². The van der Waals surface area contributed by atoms with E-state index in [1.54, 1.807) is 11.0 Å². The summed E-state index contributed by atoms with van der Waals surface area (Å²) in [5, 5.41) is 3.19. The van der Waals surface area contributed by atoms with Gasteiger partial charge in [-0.2, -0.15) is 0 Å². The van der Waals surface area contributed by atoms with E-state index in [-0.39, 0.29) is 18.5 Å². The molecular weight excluding hydrogens is 522 g/mol. The summed E-state index contributed by atoms with van der Waals surface area (Å²) in [5.41, 5.74) is 3.89. The zero-order valence-electron chi connectivity index (χ0n) is 23.5. The van der Waals surface area contributed by atoms with Gasteiger partial charge in [0.15, 0.2) is 0 Å². The van der Waals surface area contributed by atoms with E-state index < -0.39 is 28.5 Å². The number of sulfonamides is 1. The molecule has 0 unspecified atom stereocenters. The molecule has 1 fully saturated rings. The van der Waals surface area contributed by atoms with Crippen molar-refractivity contribution >= 4 is 27.5 Å². The number of rotatable bonds is 11. The molecular formula is C32H39N3O4S. The van der Waals surface area contributed by atoms with E-state index in [0.29, 0.717) is 12.1 Å². The van der Waals surface area contributed by atoms with Gasteiger partial charge in [0.05, 0.1) is 11.9 Å². The second-order valence-electron chi connectivity index (χ2n) is 10.8. The average molecular weight is 562 g/mol. The molecule has 1 aliphatic carbocycles. The highest BCUT2D eigenvalue weighted by Gasteiger charge is 2.34. The molecule has 1 aliphatic rings. The largest absolute Gasteiger partial charge is 0.352 e. The molecule has 0 aromatic heterocycles. The van der Waals surface area contributed by atoms with Gasteiger partial charge in [0.1, 0.15) is 12.6 Å². The Morgan fingerprint density at radius 3 is 2.10 bits per heavy atom. The van der Waals surface area contributed by atoms with E-state index in [1.165, 1.54) is 0 Å². The highest BCUT2D eigenvalue weighted by molar-refractivity contribution is 7.92. The number of hydrogen-bond acceptors (Lipinski definition) is 4. The monoisotopic (exact) mass is 561 g/mol. The Morgan fingerprint density at radius 1 is 0.900 bits per heavy atom. The van der Waals surface area contributed by atoms with Gasteiger partial charge >= 0.3 is 0 Å². The molecule has 3 aromatic carbocycles. The van der Waals surface area contributed by atoms with Crippen LogP contribution in [0.15, 0.2) is 78.9 Å². The number of carbonyl (C=O) groups is 2. The highest BCUT2D eigenvalue weighted by atomic mass is 32.2. The Labute approximate surface area is 238 Å². The fourth-order valence-corrected chi connectivity index (χ4v) is 6.18. The minimum absolute atomic E-state index is 0.0851. The number of benzene rings is 3. The van der Waals surface area contributed by atoms with Crippen LogP contribution in [0.1, 0.15) is 47.9 Å². The Bertz CT molecular complexity index is 1400. The van der Waals surface area contributed by atoms with E-state index in [4.69, 9.17) is 0 Å². The summed E-state index contributed by atoms with van der Waals surface area (Å²) in [4.78, 5) is 29.6. The molecule has 0 aliphatic heterocycles. The van der Waals surface area contributed by atoms with Crippen molar-refractivity contribution in [1.29, 1.82) is 0 Å². The number of aryl methyl sites for hydroxylation is 2. The molecule has 1 atom stereocenters. The van der Waals surface area contributed by atoms with Crippen LogP contribution in [0.5, 0.6) is 0 Å². The summed E-state index contributed by atoms with van der Waals surface area (Å²) in [6.45, 7) is 3.49. The molecule has 8 heteroatoms. The molecule has 0 saturated heterocycles. The average Bonchev–Trinajstić information content (AvgIpc) is 3.44. The van der Waals surface area contributed by atoms with E-state index in [2.05, 4.69) is 5.32 Å². The van der Waals surface area contributed by atoms with Gasteiger partial charge in [-0.25, -0.2) is 8.42 Å². The quantitative estimate of drug-likeness (QED) is 0.366. The predicted molar refractivity (Wildman–Crippen MR) is 159 cm³/mol. The maximum absolute atomic E-state index is 14.2. The zero-order chi connectivity index (χ0) is 28.7. The number of carbonyl (C=O) groups excluding carboxylic acids is 2. The van der Waals surface area contributed by atoms with Crippen LogP contribution in [0.4, 0.5) is 5.69 Å². The minimum atomic E-state index is -3.80. The van der Waals surface area contributed by atoms with E-state index >= 15 is 0 Å². The number of hydrogen-bond donors (Lipinski definition) is 1. The van der Waals surface area contributed by atoms with Gasteiger partial charge in [-0.15, -0.1) is 0 Å². The Kier molecular flexibility index (Phi) is 9.63. The predicted octanol–water partition coefficient (Wildman–Crippen LogP) is 4.77. The third kappa shape index (κ3) is 7.72. The summed E-state index contributed by atoms with van der Waals surface area (Å²) >= 11 is 0. The second-order valence-corrected chi connectivity index (χ2v) is 12.7. The van der Waals surface area contributed by atoms with Gasteiger partial charge in [-0.3, -0.25) is 13.9 Å². The first kappa shape index (κ1) is 29.3. The van der Waals surface area contributed by atoms with E-state index in [1.807, 2.05) is 86.6 Å². The topological polar surface area (TPSA) is 86.8 Å². The Morgan fingerprint density at radius 2 is 1.50 bits per heavy atom. The molecule has 0 radical (unpaired) electrons. The minimum Gasteiger partial charge on any atom is -0.352 e.